The number of rotatable bonds is 7. The Hall–Kier alpha value is -1.32. The summed E-state index contributed by atoms with van der Waals surface area (Å²) in [7, 11) is 0. The Balaban J connectivity index is 2.36. The molecule has 0 spiro atoms. The third-order valence-electron chi connectivity index (χ3n) is 3.04. The first kappa shape index (κ1) is 13.7. The number of aryl methyl sites for hydroxylation is 1. The van der Waals surface area contributed by atoms with Crippen molar-refractivity contribution in [3.8, 4) is 0 Å². The lowest BCUT2D eigenvalue weighted by Crippen LogP contribution is -2.07. The standard InChI is InChI=1S/C13H24N4/c1-3-4-5-6-7-8-9-11-10(2)16-13(15)17-12(11)14/h3-9H2,1-2H3,(H4,14,15,16,17). The molecule has 0 bridgehead atoms. The van der Waals surface area contributed by atoms with E-state index in [0.29, 0.717) is 5.82 Å². The van der Waals surface area contributed by atoms with Crippen molar-refractivity contribution in [2.24, 2.45) is 0 Å². The molecule has 0 aromatic carbocycles. The van der Waals surface area contributed by atoms with Crippen LogP contribution in [0.5, 0.6) is 0 Å². The van der Waals surface area contributed by atoms with Gasteiger partial charge in [0.05, 0.1) is 0 Å². The normalized spacial score (nSPS) is 10.7. The molecule has 0 aliphatic rings. The first-order valence-corrected chi connectivity index (χ1v) is 6.53. The van der Waals surface area contributed by atoms with E-state index in [0.717, 1.165) is 24.1 Å². The number of unbranched alkanes of at least 4 members (excludes halogenated alkanes) is 5. The zero-order valence-corrected chi connectivity index (χ0v) is 11.0. The van der Waals surface area contributed by atoms with Gasteiger partial charge < -0.3 is 11.5 Å². The van der Waals surface area contributed by atoms with E-state index in [1.165, 1.54) is 32.1 Å². The highest BCUT2D eigenvalue weighted by Gasteiger charge is 2.07. The molecule has 0 aliphatic carbocycles. The third-order valence-corrected chi connectivity index (χ3v) is 3.04. The van der Waals surface area contributed by atoms with Crippen LogP contribution in [0.2, 0.25) is 0 Å². The van der Waals surface area contributed by atoms with Gasteiger partial charge in [0.25, 0.3) is 0 Å². The van der Waals surface area contributed by atoms with Gasteiger partial charge >= 0.3 is 0 Å². The van der Waals surface area contributed by atoms with Gasteiger partial charge in [-0.05, 0) is 19.8 Å². The van der Waals surface area contributed by atoms with Gasteiger partial charge in [-0.3, -0.25) is 0 Å². The second kappa shape index (κ2) is 7.09. The molecule has 1 aromatic heterocycles. The molecule has 0 radical (unpaired) electrons. The minimum Gasteiger partial charge on any atom is -0.383 e. The minimum absolute atomic E-state index is 0.270. The number of aromatic nitrogens is 2. The molecule has 4 N–H and O–H groups in total. The molecule has 0 amide bonds. The van der Waals surface area contributed by atoms with E-state index in [1.54, 1.807) is 0 Å². The molecular weight excluding hydrogens is 212 g/mol. The van der Waals surface area contributed by atoms with Crippen LogP contribution < -0.4 is 11.5 Å². The van der Waals surface area contributed by atoms with Gasteiger partial charge in [0.2, 0.25) is 5.95 Å². The summed E-state index contributed by atoms with van der Waals surface area (Å²) in [6, 6.07) is 0. The molecule has 4 nitrogen and oxygen atoms in total. The SMILES string of the molecule is CCCCCCCCc1c(C)nc(N)nc1N. The maximum atomic E-state index is 5.85. The number of nitrogens with two attached hydrogens (primary N) is 2. The van der Waals surface area contributed by atoms with Crippen LogP contribution in [-0.2, 0) is 6.42 Å². The number of nitrogen functional groups attached to an aromatic ring is 2. The predicted octanol–water partition coefficient (Wildman–Crippen LogP) is 2.85. The first-order chi connectivity index (χ1) is 8.15. The van der Waals surface area contributed by atoms with Crippen molar-refractivity contribution in [1.82, 2.24) is 9.97 Å². The van der Waals surface area contributed by atoms with Gasteiger partial charge in [-0.25, -0.2) is 4.98 Å². The van der Waals surface area contributed by atoms with E-state index in [2.05, 4.69) is 16.9 Å². The average molecular weight is 236 g/mol. The average Bonchev–Trinajstić information content (AvgIpc) is 2.26. The van der Waals surface area contributed by atoms with Crippen molar-refractivity contribution in [3.63, 3.8) is 0 Å². The summed E-state index contributed by atoms with van der Waals surface area (Å²) in [6.07, 6.45) is 8.64. The lowest BCUT2D eigenvalue weighted by Gasteiger charge is -2.08. The van der Waals surface area contributed by atoms with Crippen LogP contribution in [0.15, 0.2) is 0 Å². The van der Waals surface area contributed by atoms with Crippen LogP contribution in [0.4, 0.5) is 11.8 Å². The molecule has 0 saturated heterocycles. The fourth-order valence-corrected chi connectivity index (χ4v) is 2.03. The largest absolute Gasteiger partial charge is 0.383 e. The highest BCUT2D eigenvalue weighted by atomic mass is 15.0. The van der Waals surface area contributed by atoms with E-state index in [9.17, 15) is 0 Å². The van der Waals surface area contributed by atoms with Crippen LogP contribution in [0.1, 0.15) is 56.7 Å². The van der Waals surface area contributed by atoms with Gasteiger partial charge in [0, 0.05) is 11.3 Å². The Labute approximate surface area is 104 Å². The molecule has 0 unspecified atom stereocenters. The number of hydrogen-bond donors (Lipinski definition) is 2. The molecule has 0 atom stereocenters. The van der Waals surface area contributed by atoms with E-state index in [1.807, 2.05) is 6.92 Å². The third kappa shape index (κ3) is 4.59. The summed E-state index contributed by atoms with van der Waals surface area (Å²) < 4.78 is 0. The number of nitrogens with zero attached hydrogens (tertiary/aromatic N) is 2. The quantitative estimate of drug-likeness (QED) is 0.714. The molecule has 0 aliphatic heterocycles. The van der Waals surface area contributed by atoms with Crippen LogP contribution in [0.3, 0.4) is 0 Å². The molecule has 1 heterocycles. The van der Waals surface area contributed by atoms with Crippen LogP contribution in [-0.4, -0.2) is 9.97 Å². The molecule has 17 heavy (non-hydrogen) atoms. The predicted molar refractivity (Wildman–Crippen MR) is 72.7 cm³/mol. The topological polar surface area (TPSA) is 77.8 Å². The number of hydrogen-bond acceptors (Lipinski definition) is 4. The first-order valence-electron chi connectivity index (χ1n) is 6.53. The summed E-state index contributed by atoms with van der Waals surface area (Å²) in [5.74, 6) is 0.815. The maximum Gasteiger partial charge on any atom is 0.222 e. The van der Waals surface area contributed by atoms with E-state index in [-0.39, 0.29) is 5.95 Å². The maximum absolute atomic E-state index is 5.85. The van der Waals surface area contributed by atoms with Crippen LogP contribution in [0, 0.1) is 6.92 Å². The second-order valence-corrected chi connectivity index (χ2v) is 4.55. The van der Waals surface area contributed by atoms with E-state index in [4.69, 9.17) is 11.5 Å². The minimum atomic E-state index is 0.270. The van der Waals surface area contributed by atoms with Gasteiger partial charge in [0.15, 0.2) is 0 Å². The monoisotopic (exact) mass is 236 g/mol. The van der Waals surface area contributed by atoms with E-state index < -0.39 is 0 Å². The highest BCUT2D eigenvalue weighted by Crippen LogP contribution is 2.17. The Kier molecular flexibility index (Phi) is 5.73. The van der Waals surface area contributed by atoms with Crippen LogP contribution in [0.25, 0.3) is 0 Å². The molecule has 4 heteroatoms. The Morgan fingerprint density at radius 1 is 0.941 bits per heavy atom. The Morgan fingerprint density at radius 2 is 1.59 bits per heavy atom. The van der Waals surface area contributed by atoms with E-state index >= 15 is 0 Å². The summed E-state index contributed by atoms with van der Waals surface area (Å²) >= 11 is 0. The summed E-state index contributed by atoms with van der Waals surface area (Å²) in [5.41, 5.74) is 13.4. The van der Waals surface area contributed by atoms with Gasteiger partial charge in [-0.1, -0.05) is 39.0 Å². The second-order valence-electron chi connectivity index (χ2n) is 4.55. The lowest BCUT2D eigenvalue weighted by molar-refractivity contribution is 0.606. The molecule has 0 fully saturated rings. The van der Waals surface area contributed by atoms with Crippen molar-refractivity contribution in [2.45, 2.75) is 58.8 Å². The number of anilines is 2. The van der Waals surface area contributed by atoms with Crippen molar-refractivity contribution in [2.75, 3.05) is 11.5 Å². The summed E-state index contributed by atoms with van der Waals surface area (Å²) in [6.45, 7) is 4.18. The molecule has 1 aromatic rings. The van der Waals surface area contributed by atoms with Crippen LogP contribution >= 0.6 is 0 Å². The summed E-state index contributed by atoms with van der Waals surface area (Å²) in [4.78, 5) is 8.16. The smallest absolute Gasteiger partial charge is 0.222 e. The molecule has 0 saturated carbocycles. The van der Waals surface area contributed by atoms with Crippen molar-refractivity contribution in [3.05, 3.63) is 11.3 Å². The van der Waals surface area contributed by atoms with Gasteiger partial charge in [0.1, 0.15) is 5.82 Å². The fourth-order valence-electron chi connectivity index (χ4n) is 2.03. The van der Waals surface area contributed by atoms with Crippen molar-refractivity contribution < 1.29 is 0 Å². The fraction of sp³-hybridized carbons (Fsp3) is 0.692. The molecule has 1 rings (SSSR count). The van der Waals surface area contributed by atoms with Gasteiger partial charge in [-0.2, -0.15) is 4.98 Å². The Morgan fingerprint density at radius 3 is 2.24 bits per heavy atom. The Bertz CT molecular complexity index is 326. The van der Waals surface area contributed by atoms with Crippen molar-refractivity contribution in [1.29, 1.82) is 0 Å². The van der Waals surface area contributed by atoms with Crippen molar-refractivity contribution >= 4 is 11.8 Å². The highest BCUT2D eigenvalue weighted by molar-refractivity contribution is 5.45. The molecular formula is C13H24N4. The molecule has 96 valence electrons. The zero-order chi connectivity index (χ0) is 12.7. The summed E-state index contributed by atoms with van der Waals surface area (Å²) in [5, 5.41) is 0. The van der Waals surface area contributed by atoms with Gasteiger partial charge in [-0.15, -0.1) is 0 Å². The zero-order valence-electron chi connectivity index (χ0n) is 11.0. The lowest BCUT2D eigenvalue weighted by atomic mass is 10.0.